The van der Waals surface area contributed by atoms with E-state index in [2.05, 4.69) is 4.90 Å². The molecule has 3 saturated heterocycles. The normalized spacial score (nSPS) is 27.6. The third-order valence-electron chi connectivity index (χ3n) is 9.95. The van der Waals surface area contributed by atoms with Crippen molar-refractivity contribution in [3.8, 4) is 0 Å². The third-order valence-corrected chi connectivity index (χ3v) is 9.95. The van der Waals surface area contributed by atoms with Gasteiger partial charge >= 0.3 is 6.18 Å². The fourth-order valence-corrected chi connectivity index (χ4v) is 7.43. The highest BCUT2D eigenvalue weighted by molar-refractivity contribution is 5.80. The number of likely N-dealkylation sites (tertiary alicyclic amines) is 2. The number of carbonyl (C=O) groups excluding carboxylic acids is 1. The molecule has 6 rings (SSSR count). The van der Waals surface area contributed by atoms with Crippen LogP contribution in [-0.2, 0) is 33.5 Å². The standard InChI is InChI=1S/C31H35F5N2O2/c1-29(33,31(34,35)36)23-5-8-26-22(16-23)4-9-27-30(26,17-20-2-6-24(32)7-3-20)12-15-38(27)28(39)21-10-13-37(14-11-21)25-18-40-19-25/h2-3,5-8,16,21,25,27H,4,9-15,17-19H2,1H3/t27-,29?,30-/m1/s1. The summed E-state index contributed by atoms with van der Waals surface area (Å²) < 4.78 is 74.5. The fraction of sp³-hybridized carbons (Fsp3) is 0.581. The first kappa shape index (κ1) is 27.6. The van der Waals surface area contributed by atoms with Crippen molar-refractivity contribution in [2.24, 2.45) is 5.92 Å². The first-order valence-corrected chi connectivity index (χ1v) is 14.3. The number of fused-ring (bicyclic) bond motifs is 3. The summed E-state index contributed by atoms with van der Waals surface area (Å²) >= 11 is 0. The van der Waals surface area contributed by atoms with Crippen molar-refractivity contribution in [3.05, 3.63) is 70.5 Å². The highest BCUT2D eigenvalue weighted by atomic mass is 19.4. The van der Waals surface area contributed by atoms with E-state index in [9.17, 15) is 26.7 Å². The van der Waals surface area contributed by atoms with Gasteiger partial charge in [-0.25, -0.2) is 8.78 Å². The highest BCUT2D eigenvalue weighted by Gasteiger charge is 2.56. The molecule has 40 heavy (non-hydrogen) atoms. The molecule has 3 atom stereocenters. The molecule has 1 unspecified atom stereocenters. The zero-order valence-electron chi connectivity index (χ0n) is 22.7. The predicted molar refractivity (Wildman–Crippen MR) is 140 cm³/mol. The van der Waals surface area contributed by atoms with Crippen molar-refractivity contribution in [2.75, 3.05) is 32.8 Å². The zero-order valence-corrected chi connectivity index (χ0v) is 22.7. The minimum absolute atomic E-state index is 0.0540. The first-order valence-electron chi connectivity index (χ1n) is 14.3. The number of carbonyl (C=O) groups is 1. The Kier molecular flexibility index (Phi) is 6.97. The van der Waals surface area contributed by atoms with Crippen LogP contribution < -0.4 is 0 Å². The lowest BCUT2D eigenvalue weighted by atomic mass is 9.63. The van der Waals surface area contributed by atoms with Crippen molar-refractivity contribution >= 4 is 5.91 Å². The Morgan fingerprint density at radius 3 is 2.33 bits per heavy atom. The maximum Gasteiger partial charge on any atom is 0.426 e. The molecule has 3 aliphatic heterocycles. The largest absolute Gasteiger partial charge is 0.426 e. The molecule has 0 radical (unpaired) electrons. The molecule has 0 saturated carbocycles. The maximum absolute atomic E-state index is 14.9. The molecule has 216 valence electrons. The molecule has 0 N–H and O–H groups in total. The van der Waals surface area contributed by atoms with E-state index in [-0.39, 0.29) is 23.7 Å². The second-order valence-electron chi connectivity index (χ2n) is 12.2. The quantitative estimate of drug-likeness (QED) is 0.438. The maximum atomic E-state index is 14.9. The van der Waals surface area contributed by atoms with Gasteiger partial charge in [-0.3, -0.25) is 9.69 Å². The SMILES string of the molecule is CC(F)(c1ccc2c(c1)CC[C@H]1N(C(=O)C3CCN(C4COC4)CC3)CC[C@@]21Cc1ccc(F)cc1)C(F)(F)F. The number of alkyl halides is 4. The molecule has 4 aliphatic rings. The molecular weight excluding hydrogens is 527 g/mol. The van der Waals surface area contributed by atoms with Crippen LogP contribution in [0, 0.1) is 11.7 Å². The Balaban J connectivity index is 1.30. The molecule has 9 heteroatoms. The van der Waals surface area contributed by atoms with Gasteiger partial charge in [0.1, 0.15) is 5.82 Å². The van der Waals surface area contributed by atoms with Crippen molar-refractivity contribution in [1.29, 1.82) is 0 Å². The van der Waals surface area contributed by atoms with Crippen LogP contribution in [0.25, 0.3) is 0 Å². The van der Waals surface area contributed by atoms with Crippen LogP contribution in [-0.4, -0.2) is 66.8 Å². The van der Waals surface area contributed by atoms with Gasteiger partial charge in [0.15, 0.2) is 0 Å². The van der Waals surface area contributed by atoms with Crippen molar-refractivity contribution < 1.29 is 31.5 Å². The number of hydrogen-bond donors (Lipinski definition) is 0. The average molecular weight is 563 g/mol. The number of rotatable bonds is 5. The van der Waals surface area contributed by atoms with Gasteiger partial charge in [0.05, 0.1) is 19.3 Å². The lowest BCUT2D eigenvalue weighted by Crippen LogP contribution is -2.54. The van der Waals surface area contributed by atoms with Gasteiger partial charge in [-0.15, -0.1) is 0 Å². The van der Waals surface area contributed by atoms with E-state index in [0.717, 1.165) is 50.3 Å². The minimum atomic E-state index is -5.03. The van der Waals surface area contributed by atoms with E-state index >= 15 is 0 Å². The summed E-state index contributed by atoms with van der Waals surface area (Å²) in [6, 6.07) is 10.9. The van der Waals surface area contributed by atoms with Gasteiger partial charge in [0.25, 0.3) is 0 Å². The van der Waals surface area contributed by atoms with Crippen molar-refractivity contribution in [3.63, 3.8) is 0 Å². The fourth-order valence-electron chi connectivity index (χ4n) is 7.43. The van der Waals surface area contributed by atoms with E-state index in [0.29, 0.717) is 50.8 Å². The number of halogens is 5. The molecule has 0 bridgehead atoms. The predicted octanol–water partition coefficient (Wildman–Crippen LogP) is 5.71. The van der Waals surface area contributed by atoms with Crippen LogP contribution in [0.1, 0.15) is 54.9 Å². The van der Waals surface area contributed by atoms with E-state index in [1.165, 1.54) is 24.3 Å². The summed E-state index contributed by atoms with van der Waals surface area (Å²) in [5.41, 5.74) is -1.91. The van der Waals surface area contributed by atoms with E-state index in [1.54, 1.807) is 18.2 Å². The van der Waals surface area contributed by atoms with Gasteiger partial charge in [0.2, 0.25) is 11.6 Å². The Hall–Kier alpha value is -2.52. The molecule has 3 heterocycles. The zero-order chi connectivity index (χ0) is 28.3. The first-order chi connectivity index (χ1) is 19.0. The summed E-state index contributed by atoms with van der Waals surface area (Å²) in [7, 11) is 0. The minimum Gasteiger partial charge on any atom is -0.378 e. The number of benzene rings is 2. The molecule has 4 nitrogen and oxygen atoms in total. The molecule has 0 spiro atoms. The molecule has 1 amide bonds. The van der Waals surface area contributed by atoms with E-state index in [4.69, 9.17) is 4.74 Å². The number of amides is 1. The Morgan fingerprint density at radius 1 is 1.00 bits per heavy atom. The number of ether oxygens (including phenoxy) is 1. The summed E-state index contributed by atoms with van der Waals surface area (Å²) in [6.07, 6.45) is -1.18. The van der Waals surface area contributed by atoms with Crippen LogP contribution in [0.2, 0.25) is 0 Å². The summed E-state index contributed by atoms with van der Waals surface area (Å²) in [6.45, 7) is 4.38. The third kappa shape index (κ3) is 4.63. The second kappa shape index (κ2) is 10.1. The molecule has 2 aromatic rings. The summed E-state index contributed by atoms with van der Waals surface area (Å²) in [5.74, 6) is -0.241. The van der Waals surface area contributed by atoms with Crippen LogP contribution in [0.3, 0.4) is 0 Å². The Morgan fingerprint density at radius 2 is 1.70 bits per heavy atom. The lowest BCUT2D eigenvalue weighted by Gasteiger charge is -2.45. The Bertz CT molecular complexity index is 1250. The lowest BCUT2D eigenvalue weighted by molar-refractivity contribution is -0.228. The molecule has 2 aromatic carbocycles. The van der Waals surface area contributed by atoms with Gasteiger partial charge < -0.3 is 9.64 Å². The van der Waals surface area contributed by atoms with Crippen molar-refractivity contribution in [2.45, 2.75) is 74.8 Å². The van der Waals surface area contributed by atoms with Crippen LogP contribution in [0.4, 0.5) is 22.0 Å². The van der Waals surface area contributed by atoms with Gasteiger partial charge in [-0.2, -0.15) is 13.2 Å². The number of nitrogens with zero attached hydrogens (tertiary/aromatic N) is 2. The van der Waals surface area contributed by atoms with Gasteiger partial charge in [0, 0.05) is 23.9 Å². The van der Waals surface area contributed by atoms with E-state index in [1.807, 2.05) is 4.90 Å². The number of piperidine rings is 1. The number of hydrogen-bond acceptors (Lipinski definition) is 3. The smallest absolute Gasteiger partial charge is 0.378 e. The summed E-state index contributed by atoms with van der Waals surface area (Å²) in [4.78, 5) is 18.3. The molecule has 1 aliphatic carbocycles. The highest BCUT2D eigenvalue weighted by Crippen LogP contribution is 2.51. The topological polar surface area (TPSA) is 32.8 Å². The molecular formula is C31H35F5N2O2. The van der Waals surface area contributed by atoms with Crippen LogP contribution >= 0.6 is 0 Å². The molecule has 0 aromatic heterocycles. The van der Waals surface area contributed by atoms with Crippen molar-refractivity contribution in [1.82, 2.24) is 9.80 Å². The molecule has 3 fully saturated rings. The average Bonchev–Trinajstić information content (AvgIpc) is 3.27. The monoisotopic (exact) mass is 562 g/mol. The summed E-state index contributed by atoms with van der Waals surface area (Å²) in [5, 5.41) is 0. The van der Waals surface area contributed by atoms with Crippen LogP contribution in [0.15, 0.2) is 42.5 Å². The van der Waals surface area contributed by atoms with E-state index < -0.39 is 22.8 Å². The number of aryl methyl sites for hydroxylation is 1. The van der Waals surface area contributed by atoms with Crippen LogP contribution in [0.5, 0.6) is 0 Å². The Labute approximate surface area is 231 Å². The van der Waals surface area contributed by atoms with Gasteiger partial charge in [-0.05, 0) is 92.9 Å². The van der Waals surface area contributed by atoms with Gasteiger partial charge in [-0.1, -0.05) is 30.3 Å². The second-order valence-corrected chi connectivity index (χ2v) is 12.2.